The Bertz CT molecular complexity index is 1280. The van der Waals surface area contributed by atoms with E-state index in [1.54, 1.807) is 36.4 Å². The van der Waals surface area contributed by atoms with Crippen LogP contribution in [-0.4, -0.2) is 31.0 Å². The van der Waals surface area contributed by atoms with E-state index in [1.165, 1.54) is 25.2 Å². The van der Waals surface area contributed by atoms with Gasteiger partial charge in [-0.05, 0) is 42.8 Å². The van der Waals surface area contributed by atoms with E-state index in [0.717, 1.165) is 5.56 Å². The predicted octanol–water partition coefficient (Wildman–Crippen LogP) is 5.29. The molecule has 1 aliphatic rings. The van der Waals surface area contributed by atoms with Gasteiger partial charge < -0.3 is 14.6 Å². The van der Waals surface area contributed by atoms with E-state index in [1.807, 2.05) is 31.2 Å². The number of benzene rings is 3. The van der Waals surface area contributed by atoms with Gasteiger partial charge in [-0.3, -0.25) is 14.5 Å². The molecule has 33 heavy (non-hydrogen) atoms. The summed E-state index contributed by atoms with van der Waals surface area (Å²) in [7, 11) is 2.98. The van der Waals surface area contributed by atoms with E-state index in [0.29, 0.717) is 22.7 Å². The number of hydrogen-bond acceptors (Lipinski definition) is 5. The van der Waals surface area contributed by atoms with Crippen LogP contribution >= 0.6 is 11.6 Å². The van der Waals surface area contributed by atoms with Gasteiger partial charge in [0, 0.05) is 5.56 Å². The third-order valence-corrected chi connectivity index (χ3v) is 5.91. The first-order valence-corrected chi connectivity index (χ1v) is 10.6. The van der Waals surface area contributed by atoms with Crippen LogP contribution in [0.3, 0.4) is 0 Å². The second-order valence-corrected chi connectivity index (χ2v) is 8.01. The molecule has 6 nitrogen and oxygen atoms in total. The van der Waals surface area contributed by atoms with Crippen molar-refractivity contribution in [1.29, 1.82) is 0 Å². The molecule has 1 heterocycles. The fourth-order valence-electron chi connectivity index (χ4n) is 4.02. The SMILES string of the molecule is COc1ccc(Cl)c(/C(O)=C2\C(=O)C(=O)N(c3ccccc3OC)C2c2cccc(C)c2)c1. The molecule has 0 radical (unpaired) electrons. The number of nitrogens with zero attached hydrogens (tertiary/aromatic N) is 1. The number of para-hydroxylation sites is 2. The molecular weight excluding hydrogens is 442 g/mol. The van der Waals surface area contributed by atoms with Crippen LogP contribution in [0, 0.1) is 6.92 Å². The zero-order valence-electron chi connectivity index (χ0n) is 18.3. The van der Waals surface area contributed by atoms with Crippen molar-refractivity contribution in [2.75, 3.05) is 19.1 Å². The number of anilines is 1. The number of halogens is 1. The number of amides is 1. The van der Waals surface area contributed by atoms with Crippen molar-refractivity contribution in [2.24, 2.45) is 0 Å². The van der Waals surface area contributed by atoms with Crippen LogP contribution in [0.4, 0.5) is 5.69 Å². The summed E-state index contributed by atoms with van der Waals surface area (Å²) in [5.74, 6) is -1.08. The van der Waals surface area contributed by atoms with Crippen LogP contribution < -0.4 is 14.4 Å². The Balaban J connectivity index is 2.01. The lowest BCUT2D eigenvalue weighted by molar-refractivity contribution is -0.132. The summed E-state index contributed by atoms with van der Waals surface area (Å²) in [6.07, 6.45) is 0. The molecule has 7 heteroatoms. The van der Waals surface area contributed by atoms with Crippen molar-refractivity contribution < 1.29 is 24.2 Å². The molecule has 1 aliphatic heterocycles. The molecule has 0 bridgehead atoms. The van der Waals surface area contributed by atoms with Crippen LogP contribution in [0.5, 0.6) is 11.5 Å². The lowest BCUT2D eigenvalue weighted by atomic mass is 9.94. The lowest BCUT2D eigenvalue weighted by Crippen LogP contribution is -2.29. The number of Topliss-reactive ketones (excluding diaryl/α,β-unsaturated/α-hetero) is 1. The normalized spacial score (nSPS) is 17.3. The number of ketones is 1. The first kappa shape index (κ1) is 22.4. The second-order valence-electron chi connectivity index (χ2n) is 7.60. The minimum Gasteiger partial charge on any atom is -0.507 e. The predicted molar refractivity (Wildman–Crippen MR) is 127 cm³/mol. The summed E-state index contributed by atoms with van der Waals surface area (Å²) in [6.45, 7) is 1.91. The van der Waals surface area contributed by atoms with Gasteiger partial charge in [0.1, 0.15) is 17.3 Å². The maximum absolute atomic E-state index is 13.3. The largest absolute Gasteiger partial charge is 0.507 e. The van der Waals surface area contributed by atoms with E-state index < -0.39 is 17.7 Å². The highest BCUT2D eigenvalue weighted by molar-refractivity contribution is 6.52. The maximum atomic E-state index is 13.3. The molecule has 3 aromatic rings. The van der Waals surface area contributed by atoms with E-state index >= 15 is 0 Å². The molecule has 168 valence electrons. The van der Waals surface area contributed by atoms with Crippen molar-refractivity contribution in [1.82, 2.24) is 0 Å². The molecule has 1 amide bonds. The molecule has 3 aromatic carbocycles. The number of carbonyl (C=O) groups is 2. The lowest BCUT2D eigenvalue weighted by Gasteiger charge is -2.27. The summed E-state index contributed by atoms with van der Waals surface area (Å²) < 4.78 is 10.7. The van der Waals surface area contributed by atoms with Crippen LogP contribution in [0.15, 0.2) is 72.3 Å². The fraction of sp³-hybridized carbons (Fsp3) is 0.154. The number of aliphatic hydroxyl groups excluding tert-OH is 1. The summed E-state index contributed by atoms with van der Waals surface area (Å²) in [5.41, 5.74) is 2.17. The Morgan fingerprint density at radius 2 is 1.73 bits per heavy atom. The number of aliphatic hydroxyl groups is 1. The van der Waals surface area contributed by atoms with Gasteiger partial charge in [0.2, 0.25) is 0 Å². The van der Waals surface area contributed by atoms with Crippen LogP contribution in [0.1, 0.15) is 22.7 Å². The molecule has 1 unspecified atom stereocenters. The fourth-order valence-corrected chi connectivity index (χ4v) is 4.23. The molecule has 1 N–H and O–H groups in total. The van der Waals surface area contributed by atoms with Gasteiger partial charge in [-0.15, -0.1) is 0 Å². The maximum Gasteiger partial charge on any atom is 0.300 e. The Hall–Kier alpha value is -3.77. The van der Waals surface area contributed by atoms with Crippen molar-refractivity contribution in [3.63, 3.8) is 0 Å². The summed E-state index contributed by atoms with van der Waals surface area (Å²) in [5, 5.41) is 11.5. The van der Waals surface area contributed by atoms with Gasteiger partial charge >= 0.3 is 0 Å². The summed E-state index contributed by atoms with van der Waals surface area (Å²) in [4.78, 5) is 28.0. The third-order valence-electron chi connectivity index (χ3n) is 5.58. The van der Waals surface area contributed by atoms with Gasteiger partial charge in [-0.2, -0.15) is 0 Å². The number of carbonyl (C=O) groups excluding carboxylic acids is 2. The molecule has 0 saturated carbocycles. The number of rotatable bonds is 5. The molecule has 4 rings (SSSR count). The standard InChI is InChI=1S/C26H22ClNO5/c1-15-7-6-8-16(13-15)23-22(24(29)18-14-17(32-2)11-12-19(18)27)25(30)26(31)28(23)20-9-4-5-10-21(20)33-3/h4-14,23,29H,1-3H3/b24-22+. The number of hydrogen-bond donors (Lipinski definition) is 1. The number of methoxy groups -OCH3 is 2. The third kappa shape index (κ3) is 3.94. The van der Waals surface area contributed by atoms with Crippen molar-refractivity contribution >= 4 is 34.7 Å². The zero-order valence-corrected chi connectivity index (χ0v) is 19.1. The summed E-state index contributed by atoms with van der Waals surface area (Å²) in [6, 6.07) is 18.2. The average Bonchev–Trinajstić information content (AvgIpc) is 3.09. The van der Waals surface area contributed by atoms with Crippen molar-refractivity contribution in [2.45, 2.75) is 13.0 Å². The molecule has 0 aliphatic carbocycles. The molecule has 1 fully saturated rings. The van der Waals surface area contributed by atoms with Gasteiger partial charge in [-0.25, -0.2) is 0 Å². The van der Waals surface area contributed by atoms with Crippen LogP contribution in [0.2, 0.25) is 5.02 Å². The van der Waals surface area contributed by atoms with Gasteiger partial charge in [0.15, 0.2) is 0 Å². The average molecular weight is 464 g/mol. The quantitative estimate of drug-likeness (QED) is 0.316. The smallest absolute Gasteiger partial charge is 0.300 e. The van der Waals surface area contributed by atoms with Crippen LogP contribution in [0.25, 0.3) is 5.76 Å². The van der Waals surface area contributed by atoms with E-state index in [4.69, 9.17) is 21.1 Å². The van der Waals surface area contributed by atoms with Crippen LogP contribution in [-0.2, 0) is 9.59 Å². The highest BCUT2D eigenvalue weighted by Gasteiger charge is 2.48. The number of aryl methyl sites for hydroxylation is 1. The van der Waals surface area contributed by atoms with Gasteiger partial charge in [0.05, 0.1) is 36.5 Å². The van der Waals surface area contributed by atoms with E-state index in [-0.39, 0.29) is 21.9 Å². The topological polar surface area (TPSA) is 76.1 Å². The zero-order chi connectivity index (χ0) is 23.7. The Morgan fingerprint density at radius 1 is 0.970 bits per heavy atom. The monoisotopic (exact) mass is 463 g/mol. The minimum absolute atomic E-state index is 0.0633. The molecular formula is C26H22ClNO5. The molecule has 0 spiro atoms. The second kappa shape index (κ2) is 9.00. The summed E-state index contributed by atoms with van der Waals surface area (Å²) >= 11 is 6.35. The van der Waals surface area contributed by atoms with E-state index in [2.05, 4.69) is 0 Å². The Labute approximate surface area is 196 Å². The van der Waals surface area contributed by atoms with E-state index in [9.17, 15) is 14.7 Å². The molecule has 0 aromatic heterocycles. The van der Waals surface area contributed by atoms with Gasteiger partial charge in [0.25, 0.3) is 11.7 Å². The van der Waals surface area contributed by atoms with Gasteiger partial charge in [-0.1, -0.05) is 53.6 Å². The first-order valence-electron chi connectivity index (χ1n) is 10.2. The van der Waals surface area contributed by atoms with Crippen molar-refractivity contribution in [3.05, 3.63) is 94.0 Å². The molecule has 1 saturated heterocycles. The number of ether oxygens (including phenoxy) is 2. The van der Waals surface area contributed by atoms with Crippen molar-refractivity contribution in [3.8, 4) is 11.5 Å². The first-order chi connectivity index (χ1) is 15.9. The minimum atomic E-state index is -0.886. The highest BCUT2D eigenvalue weighted by Crippen LogP contribution is 2.45. The molecule has 1 atom stereocenters. The Morgan fingerprint density at radius 3 is 2.42 bits per heavy atom. The Kier molecular flexibility index (Phi) is 6.11. The highest BCUT2D eigenvalue weighted by atomic mass is 35.5.